The monoisotopic (exact) mass is 424 g/mol. The molecule has 3 unspecified atom stereocenters. The van der Waals surface area contributed by atoms with Gasteiger partial charge in [0.2, 0.25) is 5.91 Å². The fourth-order valence-corrected chi connectivity index (χ4v) is 4.38. The van der Waals surface area contributed by atoms with Crippen LogP contribution < -0.4 is 5.32 Å². The number of rotatable bonds is 7. The zero-order chi connectivity index (χ0) is 22.6. The van der Waals surface area contributed by atoms with Crippen molar-refractivity contribution < 1.29 is 19.1 Å². The molecule has 3 rings (SSSR count). The van der Waals surface area contributed by atoms with Crippen LogP contribution in [0.3, 0.4) is 0 Å². The van der Waals surface area contributed by atoms with Gasteiger partial charge >= 0.3 is 5.97 Å². The summed E-state index contributed by atoms with van der Waals surface area (Å²) in [5.41, 5.74) is 0.218. The second kappa shape index (κ2) is 9.20. The number of carbonyl (C=O) groups is 2. The average molecular weight is 425 g/mol. The fourth-order valence-electron chi connectivity index (χ4n) is 4.38. The van der Waals surface area contributed by atoms with E-state index >= 15 is 0 Å². The molecule has 0 aromatic heterocycles. The van der Waals surface area contributed by atoms with E-state index in [1.165, 1.54) is 7.11 Å². The zero-order valence-corrected chi connectivity index (χ0v) is 18.9. The number of hydrogen-bond donors (Lipinski definition) is 1. The lowest BCUT2D eigenvalue weighted by Gasteiger charge is -2.39. The van der Waals surface area contributed by atoms with Crippen LogP contribution >= 0.6 is 0 Å². The van der Waals surface area contributed by atoms with E-state index in [-0.39, 0.29) is 11.9 Å². The topological polar surface area (TPSA) is 67.9 Å². The largest absolute Gasteiger partial charge is 0.467 e. The standard InChI is InChI=1S/C25H32N2O4/c1-18(27-21(17-31-24(27,2)3)20-14-10-7-11-15-20)22(28)26-25(4,23(29)30-5)16-19-12-8-6-9-13-19/h6-15,18,21H,16-17H2,1-5H3,(H,26,28). The van der Waals surface area contributed by atoms with Crippen LogP contribution in [-0.4, -0.2) is 47.8 Å². The molecule has 1 amide bonds. The van der Waals surface area contributed by atoms with Gasteiger partial charge in [-0.25, -0.2) is 4.79 Å². The van der Waals surface area contributed by atoms with Crippen molar-refractivity contribution in [3.63, 3.8) is 0 Å². The Hall–Kier alpha value is -2.70. The van der Waals surface area contributed by atoms with Gasteiger partial charge in [-0.05, 0) is 38.8 Å². The van der Waals surface area contributed by atoms with Gasteiger partial charge in [0.1, 0.15) is 11.3 Å². The highest BCUT2D eigenvalue weighted by Crippen LogP contribution is 2.38. The number of carbonyl (C=O) groups excluding carboxylic acids is 2. The first-order chi connectivity index (χ1) is 14.7. The highest BCUT2D eigenvalue weighted by atomic mass is 16.5. The van der Waals surface area contributed by atoms with Crippen molar-refractivity contribution in [3.05, 3.63) is 71.8 Å². The second-order valence-electron chi connectivity index (χ2n) is 8.74. The Morgan fingerprint density at radius 1 is 1.16 bits per heavy atom. The Balaban J connectivity index is 1.84. The summed E-state index contributed by atoms with van der Waals surface area (Å²) in [7, 11) is 1.34. The summed E-state index contributed by atoms with van der Waals surface area (Å²) in [6.07, 6.45) is 0.334. The molecule has 0 saturated carbocycles. The molecule has 2 aromatic carbocycles. The summed E-state index contributed by atoms with van der Waals surface area (Å²) in [5.74, 6) is -0.725. The van der Waals surface area contributed by atoms with E-state index in [0.29, 0.717) is 13.0 Å². The molecule has 0 radical (unpaired) electrons. The zero-order valence-electron chi connectivity index (χ0n) is 18.9. The van der Waals surface area contributed by atoms with Crippen LogP contribution in [0.1, 0.15) is 44.9 Å². The summed E-state index contributed by atoms with van der Waals surface area (Å²) < 4.78 is 11.1. The van der Waals surface area contributed by atoms with Gasteiger partial charge in [-0.3, -0.25) is 9.69 Å². The molecule has 2 aromatic rings. The normalized spacial score (nSPS) is 21.1. The third-order valence-corrected chi connectivity index (χ3v) is 5.97. The maximum Gasteiger partial charge on any atom is 0.331 e. The van der Waals surface area contributed by atoms with E-state index in [1.54, 1.807) is 6.92 Å². The first-order valence-electron chi connectivity index (χ1n) is 10.6. The number of hydrogen-bond acceptors (Lipinski definition) is 5. The van der Waals surface area contributed by atoms with E-state index in [0.717, 1.165) is 11.1 Å². The van der Waals surface area contributed by atoms with E-state index in [2.05, 4.69) is 10.2 Å². The van der Waals surface area contributed by atoms with Gasteiger partial charge in [0.15, 0.2) is 0 Å². The molecule has 166 valence electrons. The molecule has 0 bridgehead atoms. The van der Waals surface area contributed by atoms with Crippen LogP contribution in [0.15, 0.2) is 60.7 Å². The lowest BCUT2D eigenvalue weighted by Crippen LogP contribution is -2.60. The van der Waals surface area contributed by atoms with Crippen molar-refractivity contribution in [2.45, 2.75) is 57.5 Å². The average Bonchev–Trinajstić information content (AvgIpc) is 3.08. The summed E-state index contributed by atoms with van der Waals surface area (Å²) in [5, 5.41) is 2.97. The molecular formula is C25H32N2O4. The van der Waals surface area contributed by atoms with Crippen LogP contribution in [0.4, 0.5) is 0 Å². The van der Waals surface area contributed by atoms with Crippen LogP contribution in [-0.2, 0) is 25.5 Å². The minimum absolute atomic E-state index is 0.0598. The van der Waals surface area contributed by atoms with Crippen molar-refractivity contribution >= 4 is 11.9 Å². The highest BCUT2D eigenvalue weighted by Gasteiger charge is 2.47. The van der Waals surface area contributed by atoms with Gasteiger partial charge < -0.3 is 14.8 Å². The Labute approximate surface area is 184 Å². The fraction of sp³-hybridized carbons (Fsp3) is 0.440. The molecule has 31 heavy (non-hydrogen) atoms. The van der Waals surface area contributed by atoms with Crippen molar-refractivity contribution in [1.29, 1.82) is 0 Å². The first kappa shape index (κ1) is 23.0. The first-order valence-corrected chi connectivity index (χ1v) is 10.6. The van der Waals surface area contributed by atoms with Crippen molar-refractivity contribution in [1.82, 2.24) is 10.2 Å². The molecule has 1 aliphatic rings. The predicted octanol–water partition coefficient (Wildman–Crippen LogP) is 3.48. The number of nitrogens with one attached hydrogen (secondary N) is 1. The van der Waals surface area contributed by atoms with Gasteiger partial charge in [-0.1, -0.05) is 60.7 Å². The molecule has 0 aliphatic carbocycles. The van der Waals surface area contributed by atoms with Gasteiger partial charge in [-0.2, -0.15) is 0 Å². The molecule has 1 N–H and O–H groups in total. The second-order valence-corrected chi connectivity index (χ2v) is 8.74. The molecule has 1 heterocycles. The molecule has 6 nitrogen and oxygen atoms in total. The SMILES string of the molecule is COC(=O)C(C)(Cc1ccccc1)NC(=O)C(C)N1C(c2ccccc2)COC1(C)C. The van der Waals surface area contributed by atoms with E-state index in [9.17, 15) is 9.59 Å². The van der Waals surface area contributed by atoms with Crippen LogP contribution in [0.2, 0.25) is 0 Å². The van der Waals surface area contributed by atoms with Crippen LogP contribution in [0.5, 0.6) is 0 Å². The Morgan fingerprint density at radius 2 is 1.74 bits per heavy atom. The number of esters is 1. The van der Waals surface area contributed by atoms with Crippen molar-refractivity contribution in [2.24, 2.45) is 0 Å². The Kier molecular flexibility index (Phi) is 6.82. The lowest BCUT2D eigenvalue weighted by atomic mass is 9.92. The van der Waals surface area contributed by atoms with E-state index < -0.39 is 23.3 Å². The summed E-state index contributed by atoms with van der Waals surface area (Å²) in [4.78, 5) is 28.1. The molecule has 1 saturated heterocycles. The summed E-state index contributed by atoms with van der Waals surface area (Å²) in [6, 6.07) is 19.0. The Morgan fingerprint density at radius 3 is 2.32 bits per heavy atom. The van der Waals surface area contributed by atoms with E-state index in [1.807, 2.05) is 81.4 Å². The molecular weight excluding hydrogens is 392 g/mol. The molecule has 1 aliphatic heterocycles. The third-order valence-electron chi connectivity index (χ3n) is 5.97. The minimum Gasteiger partial charge on any atom is -0.467 e. The number of benzene rings is 2. The quantitative estimate of drug-likeness (QED) is 0.690. The summed E-state index contributed by atoms with van der Waals surface area (Å²) >= 11 is 0. The smallest absolute Gasteiger partial charge is 0.331 e. The van der Waals surface area contributed by atoms with Crippen LogP contribution in [0, 0.1) is 0 Å². The van der Waals surface area contributed by atoms with Gasteiger partial charge in [0.05, 0.1) is 25.8 Å². The number of nitrogens with zero attached hydrogens (tertiary/aromatic N) is 1. The molecule has 3 atom stereocenters. The maximum atomic E-state index is 13.4. The van der Waals surface area contributed by atoms with Crippen LogP contribution in [0.25, 0.3) is 0 Å². The van der Waals surface area contributed by atoms with Crippen molar-refractivity contribution in [2.75, 3.05) is 13.7 Å². The van der Waals surface area contributed by atoms with E-state index in [4.69, 9.17) is 9.47 Å². The number of ether oxygens (including phenoxy) is 2. The number of amides is 1. The number of methoxy groups -OCH3 is 1. The lowest BCUT2D eigenvalue weighted by molar-refractivity contribution is -0.152. The Bertz CT molecular complexity index is 900. The molecule has 1 fully saturated rings. The van der Waals surface area contributed by atoms with Crippen molar-refractivity contribution in [3.8, 4) is 0 Å². The minimum atomic E-state index is -1.19. The molecule has 6 heteroatoms. The van der Waals surface area contributed by atoms with Gasteiger partial charge in [0, 0.05) is 6.42 Å². The molecule has 0 spiro atoms. The van der Waals surface area contributed by atoms with Gasteiger partial charge in [0.25, 0.3) is 0 Å². The van der Waals surface area contributed by atoms with Gasteiger partial charge in [-0.15, -0.1) is 0 Å². The maximum absolute atomic E-state index is 13.4. The summed E-state index contributed by atoms with van der Waals surface area (Å²) in [6.45, 7) is 7.97. The third kappa shape index (κ3) is 4.97. The highest BCUT2D eigenvalue weighted by molar-refractivity contribution is 5.90. The predicted molar refractivity (Wildman–Crippen MR) is 119 cm³/mol.